The molecule has 1 aromatic rings. The van der Waals surface area contributed by atoms with E-state index in [1.54, 1.807) is 4.90 Å². The lowest BCUT2D eigenvalue weighted by Crippen LogP contribution is -2.32. The molecular formula is C16H25N3O2. The number of nitrogen functional groups attached to an aromatic ring is 1. The lowest BCUT2D eigenvalue weighted by molar-refractivity contribution is -0.133. The molecule has 116 valence electrons. The smallest absolute Gasteiger partial charge is 0.223 e. The minimum Gasteiger partial charge on any atom is -0.399 e. The second kappa shape index (κ2) is 9.00. The average Bonchev–Trinajstić information content (AvgIpc) is 2.48. The van der Waals surface area contributed by atoms with E-state index in [-0.39, 0.29) is 24.7 Å². The van der Waals surface area contributed by atoms with Crippen molar-refractivity contribution in [3.63, 3.8) is 0 Å². The number of nitrogens with zero attached hydrogens (tertiary/aromatic N) is 1. The summed E-state index contributed by atoms with van der Waals surface area (Å²) >= 11 is 0. The minimum absolute atomic E-state index is 0.0358. The summed E-state index contributed by atoms with van der Waals surface area (Å²) < 4.78 is 0. The van der Waals surface area contributed by atoms with Crippen molar-refractivity contribution in [3.8, 4) is 0 Å². The molecule has 0 atom stereocenters. The molecule has 5 heteroatoms. The van der Waals surface area contributed by atoms with Crippen molar-refractivity contribution in [1.29, 1.82) is 0 Å². The van der Waals surface area contributed by atoms with Gasteiger partial charge in [0.05, 0.1) is 0 Å². The van der Waals surface area contributed by atoms with Crippen LogP contribution in [0, 0.1) is 0 Å². The Bertz CT molecular complexity index is 453. The van der Waals surface area contributed by atoms with Gasteiger partial charge in [0.1, 0.15) is 0 Å². The summed E-state index contributed by atoms with van der Waals surface area (Å²) in [5, 5.41) is 2.84. The monoisotopic (exact) mass is 291 g/mol. The zero-order chi connectivity index (χ0) is 15.7. The molecule has 0 unspecified atom stereocenters. The van der Waals surface area contributed by atoms with E-state index in [4.69, 9.17) is 5.73 Å². The van der Waals surface area contributed by atoms with Crippen LogP contribution in [-0.2, 0) is 16.0 Å². The first kappa shape index (κ1) is 17.0. The molecule has 0 saturated heterocycles. The first-order valence-electron chi connectivity index (χ1n) is 7.45. The maximum atomic E-state index is 11.8. The molecule has 2 amide bonds. The van der Waals surface area contributed by atoms with Gasteiger partial charge in [-0.2, -0.15) is 0 Å². The third-order valence-corrected chi connectivity index (χ3v) is 3.40. The molecule has 21 heavy (non-hydrogen) atoms. The molecular weight excluding hydrogens is 266 g/mol. The van der Waals surface area contributed by atoms with E-state index in [1.807, 2.05) is 38.1 Å². The van der Waals surface area contributed by atoms with E-state index in [0.29, 0.717) is 19.6 Å². The van der Waals surface area contributed by atoms with Crippen LogP contribution in [0.3, 0.4) is 0 Å². The highest BCUT2D eigenvalue weighted by Crippen LogP contribution is 2.05. The quantitative estimate of drug-likeness (QED) is 0.714. The molecule has 0 bridgehead atoms. The Labute approximate surface area is 126 Å². The number of carbonyl (C=O) groups excluding carboxylic acids is 2. The van der Waals surface area contributed by atoms with Crippen molar-refractivity contribution in [3.05, 3.63) is 29.8 Å². The molecule has 0 spiro atoms. The third-order valence-electron chi connectivity index (χ3n) is 3.40. The van der Waals surface area contributed by atoms with Gasteiger partial charge in [-0.05, 0) is 38.0 Å². The molecule has 0 fully saturated rings. The van der Waals surface area contributed by atoms with E-state index >= 15 is 0 Å². The summed E-state index contributed by atoms with van der Waals surface area (Å²) in [4.78, 5) is 25.2. The number of hydrogen-bond acceptors (Lipinski definition) is 3. The molecule has 0 aromatic heterocycles. The largest absolute Gasteiger partial charge is 0.399 e. The van der Waals surface area contributed by atoms with Crippen molar-refractivity contribution in [2.75, 3.05) is 25.4 Å². The molecule has 3 N–H and O–H groups in total. The van der Waals surface area contributed by atoms with Crippen LogP contribution in [0.4, 0.5) is 5.69 Å². The van der Waals surface area contributed by atoms with Crippen molar-refractivity contribution >= 4 is 17.5 Å². The van der Waals surface area contributed by atoms with Crippen LogP contribution in [0.15, 0.2) is 24.3 Å². The molecule has 0 radical (unpaired) electrons. The van der Waals surface area contributed by atoms with Gasteiger partial charge >= 0.3 is 0 Å². The molecule has 1 aromatic carbocycles. The Morgan fingerprint density at radius 2 is 1.71 bits per heavy atom. The van der Waals surface area contributed by atoms with E-state index in [2.05, 4.69) is 5.32 Å². The summed E-state index contributed by atoms with van der Waals surface area (Å²) in [5.74, 6) is -0.0420. The van der Waals surface area contributed by atoms with E-state index in [9.17, 15) is 9.59 Å². The molecule has 0 saturated carbocycles. The fourth-order valence-electron chi connectivity index (χ4n) is 2.07. The van der Waals surface area contributed by atoms with Gasteiger partial charge in [-0.15, -0.1) is 0 Å². The molecule has 0 aliphatic carbocycles. The fraction of sp³-hybridized carbons (Fsp3) is 0.500. The van der Waals surface area contributed by atoms with Gasteiger partial charge in [-0.1, -0.05) is 12.1 Å². The number of anilines is 1. The fourth-order valence-corrected chi connectivity index (χ4v) is 2.07. The predicted octanol–water partition coefficient (Wildman–Crippen LogP) is 1.58. The van der Waals surface area contributed by atoms with Crippen molar-refractivity contribution in [2.24, 2.45) is 0 Å². The second-order valence-electron chi connectivity index (χ2n) is 4.91. The summed E-state index contributed by atoms with van der Waals surface area (Å²) in [5.41, 5.74) is 7.48. The van der Waals surface area contributed by atoms with Crippen LogP contribution in [0.1, 0.15) is 32.3 Å². The number of carbonyl (C=O) groups is 2. The molecule has 5 nitrogen and oxygen atoms in total. The van der Waals surface area contributed by atoms with Crippen molar-refractivity contribution in [1.82, 2.24) is 10.2 Å². The number of rotatable bonds is 8. The Kier molecular flexibility index (Phi) is 7.29. The van der Waals surface area contributed by atoms with Gasteiger partial charge in [0.25, 0.3) is 0 Å². The van der Waals surface area contributed by atoms with Crippen molar-refractivity contribution < 1.29 is 9.59 Å². The van der Waals surface area contributed by atoms with Crippen LogP contribution in [0.25, 0.3) is 0 Å². The van der Waals surface area contributed by atoms with Crippen LogP contribution < -0.4 is 11.1 Å². The molecule has 0 heterocycles. The summed E-state index contributed by atoms with van der Waals surface area (Å²) in [6.45, 7) is 5.83. The Morgan fingerprint density at radius 1 is 1.10 bits per heavy atom. The summed E-state index contributed by atoms with van der Waals surface area (Å²) in [7, 11) is 0. The Balaban J connectivity index is 2.22. The predicted molar refractivity (Wildman–Crippen MR) is 84.7 cm³/mol. The standard InChI is InChI=1S/C16H25N3O2/c1-3-19(4-2)16(21)10-9-15(20)18-12-11-13-5-7-14(17)8-6-13/h5-8H,3-4,9-12,17H2,1-2H3,(H,18,20). The number of nitrogens with one attached hydrogen (secondary N) is 1. The summed E-state index contributed by atoms with van der Waals surface area (Å²) in [6.07, 6.45) is 1.28. The van der Waals surface area contributed by atoms with Crippen LogP contribution in [0.2, 0.25) is 0 Å². The van der Waals surface area contributed by atoms with E-state index < -0.39 is 0 Å². The van der Waals surface area contributed by atoms with E-state index in [1.165, 1.54) is 0 Å². The van der Waals surface area contributed by atoms with Crippen LogP contribution in [-0.4, -0.2) is 36.3 Å². The molecule has 0 aliphatic rings. The van der Waals surface area contributed by atoms with Gasteiger partial charge in [-0.3, -0.25) is 9.59 Å². The van der Waals surface area contributed by atoms with Crippen LogP contribution in [0.5, 0.6) is 0 Å². The van der Waals surface area contributed by atoms with Gasteiger partial charge in [0.2, 0.25) is 11.8 Å². The Hall–Kier alpha value is -2.04. The minimum atomic E-state index is -0.0778. The zero-order valence-corrected chi connectivity index (χ0v) is 12.9. The number of hydrogen-bond donors (Lipinski definition) is 2. The second-order valence-corrected chi connectivity index (χ2v) is 4.91. The van der Waals surface area contributed by atoms with Gasteiger partial charge in [0, 0.05) is 38.2 Å². The lowest BCUT2D eigenvalue weighted by Gasteiger charge is -2.18. The zero-order valence-electron chi connectivity index (χ0n) is 12.9. The SMILES string of the molecule is CCN(CC)C(=O)CCC(=O)NCCc1ccc(N)cc1. The van der Waals surface area contributed by atoms with E-state index in [0.717, 1.165) is 17.7 Å². The highest BCUT2D eigenvalue weighted by molar-refractivity contribution is 5.83. The maximum absolute atomic E-state index is 11.8. The van der Waals surface area contributed by atoms with Crippen LogP contribution >= 0.6 is 0 Å². The third kappa shape index (κ3) is 6.29. The first-order valence-corrected chi connectivity index (χ1v) is 7.45. The van der Waals surface area contributed by atoms with Crippen molar-refractivity contribution in [2.45, 2.75) is 33.1 Å². The van der Waals surface area contributed by atoms with Gasteiger partial charge in [-0.25, -0.2) is 0 Å². The normalized spacial score (nSPS) is 10.2. The highest BCUT2D eigenvalue weighted by atomic mass is 16.2. The average molecular weight is 291 g/mol. The summed E-state index contributed by atoms with van der Waals surface area (Å²) in [6, 6.07) is 7.59. The van der Waals surface area contributed by atoms with Gasteiger partial charge < -0.3 is 16.0 Å². The first-order chi connectivity index (χ1) is 10.1. The lowest BCUT2D eigenvalue weighted by atomic mass is 10.1. The number of amides is 2. The molecule has 0 aliphatic heterocycles. The highest BCUT2D eigenvalue weighted by Gasteiger charge is 2.11. The number of nitrogens with two attached hydrogens (primary N) is 1. The number of benzene rings is 1. The topological polar surface area (TPSA) is 75.4 Å². The Morgan fingerprint density at radius 3 is 2.29 bits per heavy atom. The molecule has 1 rings (SSSR count). The van der Waals surface area contributed by atoms with Gasteiger partial charge in [0.15, 0.2) is 0 Å². The maximum Gasteiger partial charge on any atom is 0.223 e.